The predicted octanol–water partition coefficient (Wildman–Crippen LogP) is 1.88. The van der Waals surface area contributed by atoms with Gasteiger partial charge in [-0.15, -0.1) is 12.4 Å². The van der Waals surface area contributed by atoms with Gasteiger partial charge in [-0.25, -0.2) is 0 Å². The molecule has 0 fully saturated rings. The van der Waals surface area contributed by atoms with Crippen molar-refractivity contribution in [1.82, 2.24) is 4.57 Å². The fraction of sp³-hybridized carbons (Fsp3) is 0.500. The standard InChI is InChI=1S/C12H18BrN3O2.ClH/c1-7(2)4-10(14)11(17)15-8-5-9(13)12(18)16(3)6-8;/h5-7,10H,4,14H2,1-3H3,(H,15,17);1H/t10-;/m0./s1. The summed E-state index contributed by atoms with van der Waals surface area (Å²) in [5.74, 6) is 0.117. The molecule has 0 saturated heterocycles. The van der Waals surface area contributed by atoms with Crippen LogP contribution < -0.4 is 16.6 Å². The molecule has 1 aromatic heterocycles. The number of aromatic nitrogens is 1. The Labute approximate surface area is 127 Å². The van der Waals surface area contributed by atoms with Crippen LogP contribution in [0.2, 0.25) is 0 Å². The van der Waals surface area contributed by atoms with Crippen LogP contribution in [0.1, 0.15) is 20.3 Å². The van der Waals surface area contributed by atoms with Gasteiger partial charge in [-0.3, -0.25) is 9.59 Å². The lowest BCUT2D eigenvalue weighted by Crippen LogP contribution is -2.37. The van der Waals surface area contributed by atoms with Gasteiger partial charge in [-0.2, -0.15) is 0 Å². The highest BCUT2D eigenvalue weighted by atomic mass is 79.9. The van der Waals surface area contributed by atoms with Crippen LogP contribution in [0.5, 0.6) is 0 Å². The molecule has 108 valence electrons. The molecule has 3 N–H and O–H groups in total. The summed E-state index contributed by atoms with van der Waals surface area (Å²) >= 11 is 3.15. The molecule has 0 bridgehead atoms. The van der Waals surface area contributed by atoms with Crippen molar-refractivity contribution in [3.63, 3.8) is 0 Å². The molecule has 0 aliphatic rings. The fourth-order valence-electron chi connectivity index (χ4n) is 1.59. The Balaban J connectivity index is 0.00000324. The van der Waals surface area contributed by atoms with Crippen LogP contribution in [0, 0.1) is 5.92 Å². The topological polar surface area (TPSA) is 77.1 Å². The highest BCUT2D eigenvalue weighted by molar-refractivity contribution is 9.10. The van der Waals surface area contributed by atoms with Crippen molar-refractivity contribution in [2.24, 2.45) is 18.7 Å². The van der Waals surface area contributed by atoms with Gasteiger partial charge in [0.15, 0.2) is 0 Å². The first-order valence-corrected chi connectivity index (χ1v) is 6.53. The van der Waals surface area contributed by atoms with Gasteiger partial charge in [-0.05, 0) is 34.3 Å². The number of nitrogens with one attached hydrogen (secondary N) is 1. The number of hydrogen-bond donors (Lipinski definition) is 2. The van der Waals surface area contributed by atoms with Crippen LogP contribution in [-0.2, 0) is 11.8 Å². The van der Waals surface area contributed by atoms with Crippen molar-refractivity contribution >= 4 is 39.9 Å². The van der Waals surface area contributed by atoms with E-state index in [2.05, 4.69) is 21.2 Å². The second kappa shape index (κ2) is 7.67. The van der Waals surface area contributed by atoms with Gasteiger partial charge in [0.1, 0.15) is 0 Å². The molecule has 0 aromatic carbocycles. The molecule has 0 aliphatic heterocycles. The maximum atomic E-state index is 11.8. The Morgan fingerprint density at radius 2 is 2.11 bits per heavy atom. The number of halogens is 2. The average Bonchev–Trinajstić information content (AvgIpc) is 2.24. The van der Waals surface area contributed by atoms with Crippen molar-refractivity contribution in [2.75, 3.05) is 5.32 Å². The number of pyridine rings is 1. The van der Waals surface area contributed by atoms with Crippen LogP contribution in [-0.4, -0.2) is 16.5 Å². The zero-order valence-corrected chi connectivity index (χ0v) is 13.5. The smallest absolute Gasteiger partial charge is 0.264 e. The highest BCUT2D eigenvalue weighted by Gasteiger charge is 2.15. The van der Waals surface area contributed by atoms with E-state index in [1.807, 2.05) is 13.8 Å². The Hall–Kier alpha value is -0.850. The number of amides is 1. The normalized spacial score (nSPS) is 11.9. The summed E-state index contributed by atoms with van der Waals surface area (Å²) in [7, 11) is 1.62. The molecule has 1 rings (SSSR count). The summed E-state index contributed by atoms with van der Waals surface area (Å²) in [5, 5.41) is 2.70. The quantitative estimate of drug-likeness (QED) is 0.868. The molecule has 1 aromatic rings. The number of anilines is 1. The van der Waals surface area contributed by atoms with E-state index in [0.717, 1.165) is 0 Å². The monoisotopic (exact) mass is 351 g/mol. The summed E-state index contributed by atoms with van der Waals surface area (Å²) in [4.78, 5) is 23.3. The Morgan fingerprint density at radius 1 is 1.53 bits per heavy atom. The number of carbonyl (C=O) groups excluding carboxylic acids is 1. The highest BCUT2D eigenvalue weighted by Crippen LogP contribution is 2.12. The Morgan fingerprint density at radius 3 is 2.58 bits per heavy atom. The van der Waals surface area contributed by atoms with E-state index in [1.165, 1.54) is 4.57 Å². The largest absolute Gasteiger partial charge is 0.323 e. The van der Waals surface area contributed by atoms with Crippen LogP contribution in [0.25, 0.3) is 0 Å². The molecule has 5 nitrogen and oxygen atoms in total. The van der Waals surface area contributed by atoms with Crippen molar-refractivity contribution in [1.29, 1.82) is 0 Å². The fourth-order valence-corrected chi connectivity index (χ4v) is 2.12. The zero-order valence-electron chi connectivity index (χ0n) is 11.1. The molecule has 0 unspecified atom stereocenters. The van der Waals surface area contributed by atoms with E-state index in [0.29, 0.717) is 22.5 Å². The summed E-state index contributed by atoms with van der Waals surface area (Å²) in [6.45, 7) is 4.02. The van der Waals surface area contributed by atoms with Gasteiger partial charge in [-0.1, -0.05) is 13.8 Å². The van der Waals surface area contributed by atoms with Crippen molar-refractivity contribution in [3.8, 4) is 0 Å². The number of rotatable bonds is 4. The van der Waals surface area contributed by atoms with Gasteiger partial charge in [0.05, 0.1) is 16.2 Å². The molecule has 7 heteroatoms. The molecular weight excluding hydrogens is 334 g/mol. The molecule has 1 amide bonds. The van der Waals surface area contributed by atoms with E-state index in [9.17, 15) is 9.59 Å². The Bertz CT molecular complexity index is 476. The molecule has 1 heterocycles. The number of carbonyl (C=O) groups is 1. The summed E-state index contributed by atoms with van der Waals surface area (Å²) in [6.07, 6.45) is 2.19. The van der Waals surface area contributed by atoms with Crippen molar-refractivity contribution in [3.05, 3.63) is 27.1 Å². The van der Waals surface area contributed by atoms with Gasteiger partial charge >= 0.3 is 0 Å². The van der Waals surface area contributed by atoms with E-state index in [4.69, 9.17) is 5.73 Å². The molecule has 0 spiro atoms. The second-order valence-corrected chi connectivity index (χ2v) is 5.57. The first kappa shape index (κ1) is 18.1. The first-order valence-electron chi connectivity index (χ1n) is 5.74. The van der Waals surface area contributed by atoms with Gasteiger partial charge in [0, 0.05) is 13.2 Å². The van der Waals surface area contributed by atoms with E-state index >= 15 is 0 Å². The zero-order chi connectivity index (χ0) is 13.9. The first-order chi connectivity index (χ1) is 8.31. The molecule has 0 saturated carbocycles. The van der Waals surface area contributed by atoms with Gasteiger partial charge < -0.3 is 15.6 Å². The minimum Gasteiger partial charge on any atom is -0.323 e. The number of aryl methyl sites for hydroxylation is 1. The van der Waals surface area contributed by atoms with E-state index < -0.39 is 6.04 Å². The third-order valence-corrected chi connectivity index (χ3v) is 3.04. The average molecular weight is 353 g/mol. The van der Waals surface area contributed by atoms with Crippen molar-refractivity contribution in [2.45, 2.75) is 26.3 Å². The number of hydrogen-bond acceptors (Lipinski definition) is 3. The van der Waals surface area contributed by atoms with Gasteiger partial charge in [0.25, 0.3) is 5.56 Å². The third kappa shape index (κ3) is 5.34. The van der Waals surface area contributed by atoms with Crippen LogP contribution in [0.15, 0.2) is 21.5 Å². The second-order valence-electron chi connectivity index (χ2n) is 4.72. The Kier molecular flexibility index (Phi) is 7.33. The predicted molar refractivity (Wildman–Crippen MR) is 82.7 cm³/mol. The SMILES string of the molecule is CC(C)C[C@H](N)C(=O)Nc1cc(Br)c(=O)n(C)c1.Cl. The van der Waals surface area contributed by atoms with E-state index in [-0.39, 0.29) is 23.9 Å². The van der Waals surface area contributed by atoms with Crippen LogP contribution in [0.3, 0.4) is 0 Å². The lowest BCUT2D eigenvalue weighted by molar-refractivity contribution is -0.117. The molecular formula is C12H19BrClN3O2. The van der Waals surface area contributed by atoms with Crippen molar-refractivity contribution < 1.29 is 4.79 Å². The van der Waals surface area contributed by atoms with Crippen LogP contribution in [0.4, 0.5) is 5.69 Å². The minimum absolute atomic E-state index is 0. The number of nitrogens with zero attached hydrogens (tertiary/aromatic N) is 1. The number of nitrogens with two attached hydrogens (primary N) is 1. The summed E-state index contributed by atoms with van der Waals surface area (Å²) < 4.78 is 1.80. The lowest BCUT2D eigenvalue weighted by Gasteiger charge is -2.14. The van der Waals surface area contributed by atoms with E-state index in [1.54, 1.807) is 19.3 Å². The maximum Gasteiger partial charge on any atom is 0.264 e. The molecule has 1 atom stereocenters. The van der Waals surface area contributed by atoms with Gasteiger partial charge in [0.2, 0.25) is 5.91 Å². The molecule has 0 aliphatic carbocycles. The molecule has 19 heavy (non-hydrogen) atoms. The summed E-state index contributed by atoms with van der Waals surface area (Å²) in [6, 6.07) is 1.03. The third-order valence-electron chi connectivity index (χ3n) is 2.47. The maximum absolute atomic E-state index is 11.8. The van der Waals surface area contributed by atoms with Crippen LogP contribution >= 0.6 is 28.3 Å². The summed E-state index contributed by atoms with van der Waals surface area (Å²) in [5.41, 5.74) is 6.18. The molecule has 0 radical (unpaired) electrons. The minimum atomic E-state index is -0.541. The lowest BCUT2D eigenvalue weighted by atomic mass is 10.0.